The Labute approximate surface area is 117 Å². The maximum absolute atomic E-state index is 5.88. The summed E-state index contributed by atoms with van der Waals surface area (Å²) < 4.78 is 6.70. The molecule has 0 atom stereocenters. The normalized spacial score (nSPS) is 11.6. The van der Waals surface area contributed by atoms with E-state index in [2.05, 4.69) is 42.0 Å². The van der Waals surface area contributed by atoms with Crippen molar-refractivity contribution < 1.29 is 4.74 Å². The molecule has 0 heterocycles. The lowest BCUT2D eigenvalue weighted by Crippen LogP contribution is -2.34. The SMILES string of the molecule is CCNCC(C)(C)COc1ccc(Cl)cc1Br. The number of nitrogens with one attached hydrogen (secondary N) is 1. The van der Waals surface area contributed by atoms with Crippen molar-refractivity contribution in [2.45, 2.75) is 20.8 Å². The van der Waals surface area contributed by atoms with Crippen LogP contribution in [0.15, 0.2) is 22.7 Å². The Morgan fingerprint density at radius 3 is 2.71 bits per heavy atom. The van der Waals surface area contributed by atoms with E-state index < -0.39 is 0 Å². The molecule has 17 heavy (non-hydrogen) atoms. The van der Waals surface area contributed by atoms with Crippen LogP contribution in [-0.4, -0.2) is 19.7 Å². The molecule has 1 N–H and O–H groups in total. The molecule has 4 heteroatoms. The summed E-state index contributed by atoms with van der Waals surface area (Å²) in [5.41, 5.74) is 0.106. The minimum atomic E-state index is 0.106. The summed E-state index contributed by atoms with van der Waals surface area (Å²) in [7, 11) is 0. The van der Waals surface area contributed by atoms with Gasteiger partial charge in [-0.1, -0.05) is 32.4 Å². The number of ether oxygens (including phenoxy) is 1. The van der Waals surface area contributed by atoms with Crippen molar-refractivity contribution in [2.24, 2.45) is 5.41 Å². The summed E-state index contributed by atoms with van der Waals surface area (Å²) >= 11 is 9.32. The Morgan fingerprint density at radius 1 is 1.41 bits per heavy atom. The molecule has 0 saturated heterocycles. The van der Waals surface area contributed by atoms with E-state index in [1.54, 1.807) is 0 Å². The molecular formula is C13H19BrClNO. The van der Waals surface area contributed by atoms with Crippen molar-refractivity contribution in [1.82, 2.24) is 5.32 Å². The van der Waals surface area contributed by atoms with Crippen LogP contribution in [0.1, 0.15) is 20.8 Å². The largest absolute Gasteiger partial charge is 0.492 e. The third-order valence-corrected chi connectivity index (χ3v) is 3.22. The number of hydrogen-bond donors (Lipinski definition) is 1. The van der Waals surface area contributed by atoms with E-state index in [0.717, 1.165) is 23.3 Å². The fraction of sp³-hybridized carbons (Fsp3) is 0.538. The van der Waals surface area contributed by atoms with Gasteiger partial charge in [0.1, 0.15) is 5.75 Å². The van der Waals surface area contributed by atoms with Crippen LogP contribution in [0.2, 0.25) is 5.02 Å². The van der Waals surface area contributed by atoms with Gasteiger partial charge >= 0.3 is 0 Å². The van der Waals surface area contributed by atoms with Gasteiger partial charge in [0.25, 0.3) is 0 Å². The molecule has 0 radical (unpaired) electrons. The first-order valence-electron chi connectivity index (χ1n) is 5.73. The summed E-state index contributed by atoms with van der Waals surface area (Å²) in [6, 6.07) is 5.56. The highest BCUT2D eigenvalue weighted by molar-refractivity contribution is 9.10. The van der Waals surface area contributed by atoms with Gasteiger partial charge in [-0.3, -0.25) is 0 Å². The van der Waals surface area contributed by atoms with Crippen LogP contribution in [-0.2, 0) is 0 Å². The highest BCUT2D eigenvalue weighted by Gasteiger charge is 2.18. The molecule has 1 aromatic carbocycles. The van der Waals surface area contributed by atoms with Gasteiger partial charge in [0, 0.05) is 17.0 Å². The topological polar surface area (TPSA) is 21.3 Å². The van der Waals surface area contributed by atoms with E-state index in [1.807, 2.05) is 18.2 Å². The molecule has 0 aromatic heterocycles. The van der Waals surface area contributed by atoms with Crippen LogP contribution in [0.3, 0.4) is 0 Å². The van der Waals surface area contributed by atoms with Crippen LogP contribution in [0, 0.1) is 5.41 Å². The molecule has 0 saturated carbocycles. The highest BCUT2D eigenvalue weighted by Crippen LogP contribution is 2.29. The number of rotatable bonds is 6. The lowest BCUT2D eigenvalue weighted by Gasteiger charge is -2.25. The van der Waals surface area contributed by atoms with Crippen molar-refractivity contribution >= 4 is 27.5 Å². The van der Waals surface area contributed by atoms with Crippen LogP contribution >= 0.6 is 27.5 Å². The van der Waals surface area contributed by atoms with Gasteiger partial charge in [0.15, 0.2) is 0 Å². The van der Waals surface area contributed by atoms with Crippen LogP contribution in [0.25, 0.3) is 0 Å². The molecule has 0 fully saturated rings. The maximum atomic E-state index is 5.88. The Morgan fingerprint density at radius 2 is 2.12 bits per heavy atom. The zero-order valence-electron chi connectivity index (χ0n) is 10.5. The molecule has 0 aliphatic rings. The predicted molar refractivity (Wildman–Crippen MR) is 77.0 cm³/mol. The lowest BCUT2D eigenvalue weighted by atomic mass is 9.95. The maximum Gasteiger partial charge on any atom is 0.133 e. The van der Waals surface area contributed by atoms with Gasteiger partial charge in [-0.15, -0.1) is 0 Å². The zero-order chi connectivity index (χ0) is 12.9. The first kappa shape index (κ1) is 14.8. The van der Waals surface area contributed by atoms with Crippen LogP contribution in [0.5, 0.6) is 5.75 Å². The van der Waals surface area contributed by atoms with Gasteiger partial charge in [-0.25, -0.2) is 0 Å². The van der Waals surface area contributed by atoms with E-state index in [1.165, 1.54) is 0 Å². The van der Waals surface area contributed by atoms with Crippen molar-refractivity contribution in [3.63, 3.8) is 0 Å². The molecule has 96 valence electrons. The van der Waals surface area contributed by atoms with Gasteiger partial charge in [0.2, 0.25) is 0 Å². The second-order valence-electron chi connectivity index (χ2n) is 4.81. The van der Waals surface area contributed by atoms with E-state index in [-0.39, 0.29) is 5.41 Å². The summed E-state index contributed by atoms with van der Waals surface area (Å²) in [5.74, 6) is 0.832. The van der Waals surface area contributed by atoms with E-state index >= 15 is 0 Å². The number of hydrogen-bond acceptors (Lipinski definition) is 2. The molecule has 2 nitrogen and oxygen atoms in total. The standard InChI is InChI=1S/C13H19BrClNO/c1-4-16-8-13(2,3)9-17-12-6-5-10(15)7-11(12)14/h5-7,16H,4,8-9H2,1-3H3. The third-order valence-electron chi connectivity index (χ3n) is 2.37. The van der Waals surface area contributed by atoms with Crippen molar-refractivity contribution in [2.75, 3.05) is 19.7 Å². The monoisotopic (exact) mass is 319 g/mol. The minimum Gasteiger partial charge on any atom is -0.492 e. The summed E-state index contributed by atoms with van der Waals surface area (Å²) in [4.78, 5) is 0. The van der Waals surface area contributed by atoms with Crippen LogP contribution < -0.4 is 10.1 Å². The van der Waals surface area contributed by atoms with Gasteiger partial charge in [0.05, 0.1) is 11.1 Å². The van der Waals surface area contributed by atoms with Gasteiger partial charge < -0.3 is 10.1 Å². The lowest BCUT2D eigenvalue weighted by molar-refractivity contribution is 0.176. The highest BCUT2D eigenvalue weighted by atomic mass is 79.9. The minimum absolute atomic E-state index is 0.106. The van der Waals surface area contributed by atoms with Gasteiger partial charge in [-0.05, 0) is 40.7 Å². The molecule has 0 aliphatic carbocycles. The van der Waals surface area contributed by atoms with Crippen molar-refractivity contribution in [3.05, 3.63) is 27.7 Å². The van der Waals surface area contributed by atoms with Crippen LogP contribution in [0.4, 0.5) is 0 Å². The Bertz CT molecular complexity index is 368. The summed E-state index contributed by atoms with van der Waals surface area (Å²) in [6.07, 6.45) is 0. The second kappa shape index (κ2) is 6.62. The van der Waals surface area contributed by atoms with E-state index in [9.17, 15) is 0 Å². The summed E-state index contributed by atoms with van der Waals surface area (Å²) in [6.45, 7) is 9.05. The van der Waals surface area contributed by atoms with E-state index in [4.69, 9.17) is 16.3 Å². The molecule has 1 rings (SSSR count). The molecular weight excluding hydrogens is 302 g/mol. The van der Waals surface area contributed by atoms with E-state index in [0.29, 0.717) is 11.6 Å². The zero-order valence-corrected chi connectivity index (χ0v) is 12.9. The number of halogens is 2. The van der Waals surface area contributed by atoms with Gasteiger partial charge in [-0.2, -0.15) is 0 Å². The fourth-order valence-corrected chi connectivity index (χ4v) is 2.18. The molecule has 0 spiro atoms. The van der Waals surface area contributed by atoms with Crippen molar-refractivity contribution in [1.29, 1.82) is 0 Å². The predicted octanol–water partition coefficient (Wildman–Crippen LogP) is 4.12. The summed E-state index contributed by atoms with van der Waals surface area (Å²) in [5, 5.41) is 4.04. The quantitative estimate of drug-likeness (QED) is 0.851. The Balaban J connectivity index is 2.54. The Kier molecular flexibility index (Phi) is 5.77. The first-order valence-corrected chi connectivity index (χ1v) is 6.90. The molecule has 0 amide bonds. The second-order valence-corrected chi connectivity index (χ2v) is 6.10. The third kappa shape index (κ3) is 5.28. The average molecular weight is 321 g/mol. The Hall–Kier alpha value is -0.250. The first-order chi connectivity index (χ1) is 7.94. The fourth-order valence-electron chi connectivity index (χ4n) is 1.38. The van der Waals surface area contributed by atoms with Crippen molar-refractivity contribution in [3.8, 4) is 5.75 Å². The molecule has 0 unspecified atom stereocenters. The number of benzene rings is 1. The average Bonchev–Trinajstić information content (AvgIpc) is 2.25. The molecule has 0 aliphatic heterocycles. The smallest absolute Gasteiger partial charge is 0.133 e. The molecule has 0 bridgehead atoms. The molecule has 1 aromatic rings.